The fourth-order valence-corrected chi connectivity index (χ4v) is 2.45. The lowest BCUT2D eigenvalue weighted by Crippen LogP contribution is -2.37. The van der Waals surface area contributed by atoms with E-state index in [1.165, 1.54) is 23.9 Å². The van der Waals surface area contributed by atoms with Gasteiger partial charge in [-0.1, -0.05) is 24.6 Å². The summed E-state index contributed by atoms with van der Waals surface area (Å²) in [5.74, 6) is -0.245. The lowest BCUT2D eigenvalue weighted by atomic mass is 10.1. The highest BCUT2D eigenvalue weighted by Crippen LogP contribution is 2.17. The van der Waals surface area contributed by atoms with Gasteiger partial charge in [0.05, 0.1) is 11.1 Å². The number of aryl methyl sites for hydroxylation is 2. The average molecular weight is 354 g/mol. The van der Waals surface area contributed by atoms with Crippen LogP contribution in [0, 0.1) is 24.0 Å². The molecule has 7 nitrogen and oxygen atoms in total. The van der Waals surface area contributed by atoms with Crippen LogP contribution in [0.2, 0.25) is 0 Å². The molecule has 1 amide bonds. The molecule has 0 bridgehead atoms. The van der Waals surface area contributed by atoms with Crippen LogP contribution in [0.25, 0.3) is 0 Å². The number of non-ortho nitro benzene ring substituents is 1. The standard InChI is InChI=1S/C19H22N4O3/c1-4-17(21-18-10-5-13(2)11-14(18)3)19(24)22-20-12-15-6-8-16(9-7-15)23(25)26/h5-12,17,21H,4H2,1-3H3,(H,22,24)/t17-/m0/s1. The molecule has 7 heteroatoms. The number of anilines is 1. The van der Waals surface area contributed by atoms with Gasteiger partial charge in [-0.15, -0.1) is 0 Å². The summed E-state index contributed by atoms with van der Waals surface area (Å²) in [7, 11) is 0. The van der Waals surface area contributed by atoms with Crippen molar-refractivity contribution in [2.75, 3.05) is 5.32 Å². The van der Waals surface area contributed by atoms with Crippen molar-refractivity contribution < 1.29 is 9.72 Å². The zero-order chi connectivity index (χ0) is 19.1. The number of rotatable bonds is 7. The molecule has 0 fully saturated rings. The molecule has 0 aliphatic rings. The molecule has 1 atom stereocenters. The zero-order valence-electron chi connectivity index (χ0n) is 15.0. The van der Waals surface area contributed by atoms with Gasteiger partial charge in [-0.3, -0.25) is 14.9 Å². The average Bonchev–Trinajstić information content (AvgIpc) is 2.61. The highest BCUT2D eigenvalue weighted by Gasteiger charge is 2.16. The Morgan fingerprint density at radius 2 is 1.92 bits per heavy atom. The second kappa shape index (κ2) is 8.75. The number of carbonyl (C=O) groups excluding carboxylic acids is 1. The predicted octanol–water partition coefficient (Wildman–Crippen LogP) is 3.55. The molecule has 0 saturated carbocycles. The number of nitro groups is 1. The summed E-state index contributed by atoms with van der Waals surface area (Å²) in [6.07, 6.45) is 2.05. The molecular formula is C19H22N4O3. The van der Waals surface area contributed by atoms with Gasteiger partial charge in [0, 0.05) is 17.8 Å². The predicted molar refractivity (Wildman–Crippen MR) is 102 cm³/mol. The molecule has 2 rings (SSSR count). The minimum atomic E-state index is -0.465. The topological polar surface area (TPSA) is 96.6 Å². The highest BCUT2D eigenvalue weighted by molar-refractivity contribution is 5.87. The first kappa shape index (κ1) is 19.1. The van der Waals surface area contributed by atoms with Crippen LogP contribution in [-0.4, -0.2) is 23.1 Å². The summed E-state index contributed by atoms with van der Waals surface area (Å²) in [5.41, 5.74) is 6.33. The largest absolute Gasteiger partial charge is 0.373 e. The first-order chi connectivity index (χ1) is 12.4. The normalized spacial score (nSPS) is 12.0. The van der Waals surface area contributed by atoms with Gasteiger partial charge in [-0.05, 0) is 49.6 Å². The van der Waals surface area contributed by atoms with Crippen LogP contribution in [0.4, 0.5) is 11.4 Å². The molecule has 0 radical (unpaired) electrons. The zero-order valence-corrected chi connectivity index (χ0v) is 15.0. The van der Waals surface area contributed by atoms with Crippen molar-refractivity contribution in [3.8, 4) is 0 Å². The van der Waals surface area contributed by atoms with Crippen LogP contribution in [0.3, 0.4) is 0 Å². The van der Waals surface area contributed by atoms with Gasteiger partial charge in [0.15, 0.2) is 0 Å². The monoisotopic (exact) mass is 354 g/mol. The van der Waals surface area contributed by atoms with Crippen molar-refractivity contribution in [3.63, 3.8) is 0 Å². The smallest absolute Gasteiger partial charge is 0.269 e. The van der Waals surface area contributed by atoms with Crippen molar-refractivity contribution in [2.45, 2.75) is 33.2 Å². The molecule has 136 valence electrons. The quantitative estimate of drug-likeness (QED) is 0.451. The van der Waals surface area contributed by atoms with Crippen LogP contribution in [0.15, 0.2) is 47.6 Å². The highest BCUT2D eigenvalue weighted by atomic mass is 16.6. The van der Waals surface area contributed by atoms with Crippen LogP contribution in [-0.2, 0) is 4.79 Å². The number of hydrazone groups is 1. The molecule has 26 heavy (non-hydrogen) atoms. The van der Waals surface area contributed by atoms with E-state index in [1.54, 1.807) is 12.1 Å². The van der Waals surface area contributed by atoms with Gasteiger partial charge < -0.3 is 5.32 Å². The minimum absolute atomic E-state index is 0.00917. The Morgan fingerprint density at radius 3 is 2.50 bits per heavy atom. The number of nitro benzene ring substituents is 1. The SMILES string of the molecule is CC[C@H](Nc1ccc(C)cc1C)C(=O)NN=Cc1ccc([N+](=O)[O-])cc1. The number of benzene rings is 2. The lowest BCUT2D eigenvalue weighted by Gasteiger charge is -2.18. The minimum Gasteiger partial charge on any atom is -0.373 e. The van der Waals surface area contributed by atoms with Crippen LogP contribution >= 0.6 is 0 Å². The Labute approximate surface area is 152 Å². The van der Waals surface area contributed by atoms with Gasteiger partial charge in [-0.25, -0.2) is 5.43 Å². The van der Waals surface area contributed by atoms with E-state index in [0.29, 0.717) is 12.0 Å². The maximum Gasteiger partial charge on any atom is 0.269 e. The number of hydrogen-bond donors (Lipinski definition) is 2. The third-order valence-corrected chi connectivity index (χ3v) is 3.93. The second-order valence-corrected chi connectivity index (χ2v) is 6.01. The molecule has 2 aromatic carbocycles. The van der Waals surface area contributed by atoms with E-state index in [4.69, 9.17) is 0 Å². The first-order valence-corrected chi connectivity index (χ1v) is 8.32. The molecule has 0 unspecified atom stereocenters. The Morgan fingerprint density at radius 1 is 1.23 bits per heavy atom. The number of nitrogens with one attached hydrogen (secondary N) is 2. The van der Waals surface area contributed by atoms with Crippen molar-refractivity contribution in [1.29, 1.82) is 0 Å². The summed E-state index contributed by atoms with van der Waals surface area (Å²) in [6.45, 7) is 5.93. The van der Waals surface area contributed by atoms with E-state index in [0.717, 1.165) is 11.3 Å². The third-order valence-electron chi connectivity index (χ3n) is 3.93. The van der Waals surface area contributed by atoms with E-state index in [1.807, 2.05) is 32.9 Å². The second-order valence-electron chi connectivity index (χ2n) is 6.01. The van der Waals surface area contributed by atoms with Gasteiger partial charge in [0.1, 0.15) is 6.04 Å². The maximum absolute atomic E-state index is 12.3. The fraction of sp³-hybridized carbons (Fsp3) is 0.263. The van der Waals surface area contributed by atoms with Gasteiger partial charge in [0.25, 0.3) is 11.6 Å². The Bertz CT molecular complexity index is 816. The fourth-order valence-electron chi connectivity index (χ4n) is 2.45. The van der Waals surface area contributed by atoms with E-state index in [9.17, 15) is 14.9 Å². The number of nitrogens with zero attached hydrogens (tertiary/aromatic N) is 2. The number of carbonyl (C=O) groups is 1. The van der Waals surface area contributed by atoms with Gasteiger partial charge in [0.2, 0.25) is 0 Å². The van der Waals surface area contributed by atoms with Gasteiger partial charge >= 0.3 is 0 Å². The summed E-state index contributed by atoms with van der Waals surface area (Å²) >= 11 is 0. The molecular weight excluding hydrogens is 332 g/mol. The Balaban J connectivity index is 1.96. The van der Waals surface area contributed by atoms with E-state index < -0.39 is 11.0 Å². The van der Waals surface area contributed by atoms with Crippen molar-refractivity contribution in [2.24, 2.45) is 5.10 Å². The van der Waals surface area contributed by atoms with E-state index >= 15 is 0 Å². The summed E-state index contributed by atoms with van der Waals surface area (Å²) in [4.78, 5) is 22.5. The molecule has 0 aliphatic heterocycles. The number of hydrogen-bond acceptors (Lipinski definition) is 5. The van der Waals surface area contributed by atoms with Crippen LogP contribution < -0.4 is 10.7 Å². The Kier molecular flexibility index (Phi) is 6.43. The number of amides is 1. The summed E-state index contributed by atoms with van der Waals surface area (Å²) in [6, 6.07) is 11.5. The first-order valence-electron chi connectivity index (χ1n) is 8.32. The van der Waals surface area contributed by atoms with Crippen molar-refractivity contribution in [1.82, 2.24) is 5.43 Å². The summed E-state index contributed by atoms with van der Waals surface area (Å²) < 4.78 is 0. The molecule has 0 aromatic heterocycles. The van der Waals surface area contributed by atoms with Crippen LogP contribution in [0.1, 0.15) is 30.0 Å². The van der Waals surface area contributed by atoms with Crippen molar-refractivity contribution >= 4 is 23.5 Å². The summed E-state index contributed by atoms with van der Waals surface area (Å²) in [5, 5.41) is 17.8. The van der Waals surface area contributed by atoms with Crippen LogP contribution in [0.5, 0.6) is 0 Å². The van der Waals surface area contributed by atoms with E-state index in [-0.39, 0.29) is 11.6 Å². The van der Waals surface area contributed by atoms with E-state index in [2.05, 4.69) is 21.9 Å². The third kappa shape index (κ3) is 5.14. The molecule has 2 aromatic rings. The molecule has 0 spiro atoms. The maximum atomic E-state index is 12.3. The lowest BCUT2D eigenvalue weighted by molar-refractivity contribution is -0.384. The molecule has 2 N–H and O–H groups in total. The van der Waals surface area contributed by atoms with Crippen molar-refractivity contribution in [3.05, 3.63) is 69.3 Å². The Hall–Kier alpha value is -3.22. The van der Waals surface area contributed by atoms with Gasteiger partial charge in [-0.2, -0.15) is 5.10 Å². The molecule has 0 aliphatic carbocycles. The molecule has 0 saturated heterocycles. The molecule has 0 heterocycles.